The Morgan fingerprint density at radius 2 is 2.22 bits per heavy atom. The van der Waals surface area contributed by atoms with Crippen LogP contribution in [0.2, 0.25) is 0 Å². The predicted molar refractivity (Wildman–Crippen MR) is 99.4 cm³/mol. The summed E-state index contributed by atoms with van der Waals surface area (Å²) >= 11 is 0. The maximum absolute atomic E-state index is 12.3. The van der Waals surface area contributed by atoms with Crippen LogP contribution in [0.25, 0.3) is 5.65 Å². The summed E-state index contributed by atoms with van der Waals surface area (Å²) in [6.07, 6.45) is 3.75. The molecule has 27 heavy (non-hydrogen) atoms. The first-order valence-corrected chi connectivity index (χ1v) is 8.41. The molecule has 0 fully saturated rings. The van der Waals surface area contributed by atoms with E-state index in [0.717, 1.165) is 5.69 Å². The molecule has 0 saturated carbocycles. The standard InChI is InChI=1S/C19H18N4O4/c1-12-9-23-7-3-4-16(19(23)20-12)26-10-17(24)21-13-5-6-15-14(8-13)22(2)18(25)11-27-15/h3-9H,10-11H2,1-2H3,(H,21,24). The zero-order valence-electron chi connectivity index (χ0n) is 14.9. The van der Waals surface area contributed by atoms with Crippen molar-refractivity contribution in [1.29, 1.82) is 0 Å². The van der Waals surface area contributed by atoms with Crippen molar-refractivity contribution in [2.24, 2.45) is 0 Å². The van der Waals surface area contributed by atoms with Gasteiger partial charge in [-0.2, -0.15) is 0 Å². The number of benzene rings is 1. The maximum atomic E-state index is 12.3. The van der Waals surface area contributed by atoms with E-state index >= 15 is 0 Å². The summed E-state index contributed by atoms with van der Waals surface area (Å²) in [4.78, 5) is 29.9. The molecule has 1 aliphatic heterocycles. The van der Waals surface area contributed by atoms with Gasteiger partial charge in [0, 0.05) is 25.1 Å². The number of rotatable bonds is 4. The van der Waals surface area contributed by atoms with Gasteiger partial charge < -0.3 is 24.1 Å². The Hall–Kier alpha value is -3.55. The van der Waals surface area contributed by atoms with Gasteiger partial charge in [0.1, 0.15) is 5.75 Å². The van der Waals surface area contributed by atoms with Gasteiger partial charge in [-0.3, -0.25) is 9.59 Å². The molecule has 3 aromatic rings. The molecule has 8 heteroatoms. The zero-order chi connectivity index (χ0) is 19.0. The van der Waals surface area contributed by atoms with Crippen molar-refractivity contribution in [2.75, 3.05) is 30.5 Å². The van der Waals surface area contributed by atoms with Gasteiger partial charge >= 0.3 is 0 Å². The largest absolute Gasteiger partial charge is 0.482 e. The fourth-order valence-electron chi connectivity index (χ4n) is 2.91. The molecule has 138 valence electrons. The summed E-state index contributed by atoms with van der Waals surface area (Å²) in [5.41, 5.74) is 2.70. The number of aromatic nitrogens is 2. The lowest BCUT2D eigenvalue weighted by atomic mass is 10.2. The summed E-state index contributed by atoms with van der Waals surface area (Å²) in [6, 6.07) is 8.74. The van der Waals surface area contributed by atoms with Crippen LogP contribution in [0.1, 0.15) is 5.69 Å². The Balaban J connectivity index is 1.44. The van der Waals surface area contributed by atoms with Gasteiger partial charge in [-0.25, -0.2) is 4.98 Å². The van der Waals surface area contributed by atoms with E-state index in [1.807, 2.05) is 29.8 Å². The summed E-state index contributed by atoms with van der Waals surface area (Å²) in [5.74, 6) is 0.681. The van der Waals surface area contributed by atoms with Crippen LogP contribution in [0, 0.1) is 6.92 Å². The van der Waals surface area contributed by atoms with Gasteiger partial charge in [0.2, 0.25) is 0 Å². The van der Waals surface area contributed by atoms with Crippen molar-refractivity contribution < 1.29 is 19.1 Å². The van der Waals surface area contributed by atoms with Crippen molar-refractivity contribution >= 4 is 28.8 Å². The minimum absolute atomic E-state index is 0.0157. The third-order valence-electron chi connectivity index (χ3n) is 4.26. The number of carbonyl (C=O) groups excluding carboxylic acids is 2. The number of nitrogens with one attached hydrogen (secondary N) is 1. The second kappa shape index (κ2) is 6.64. The second-order valence-electron chi connectivity index (χ2n) is 6.25. The normalized spacial score (nSPS) is 13.3. The highest BCUT2D eigenvalue weighted by molar-refractivity contribution is 5.99. The van der Waals surface area contributed by atoms with Crippen LogP contribution in [0.4, 0.5) is 11.4 Å². The molecule has 3 heterocycles. The van der Waals surface area contributed by atoms with Crippen molar-refractivity contribution in [1.82, 2.24) is 9.38 Å². The summed E-state index contributed by atoms with van der Waals surface area (Å²) in [6.45, 7) is 1.75. The number of anilines is 2. The summed E-state index contributed by atoms with van der Waals surface area (Å²) in [7, 11) is 1.67. The van der Waals surface area contributed by atoms with Gasteiger partial charge in [0.25, 0.3) is 11.8 Å². The highest BCUT2D eigenvalue weighted by atomic mass is 16.5. The van der Waals surface area contributed by atoms with Gasteiger partial charge in [0.15, 0.2) is 24.6 Å². The van der Waals surface area contributed by atoms with Gasteiger partial charge in [-0.05, 0) is 37.3 Å². The fourth-order valence-corrected chi connectivity index (χ4v) is 2.91. The molecular formula is C19H18N4O4. The van der Waals surface area contributed by atoms with E-state index in [2.05, 4.69) is 10.3 Å². The Kier molecular flexibility index (Phi) is 4.15. The third-order valence-corrected chi connectivity index (χ3v) is 4.26. The summed E-state index contributed by atoms with van der Waals surface area (Å²) < 4.78 is 12.9. The molecule has 0 atom stereocenters. The molecule has 0 aliphatic carbocycles. The number of hydrogen-bond acceptors (Lipinski definition) is 5. The average Bonchev–Trinajstić information content (AvgIpc) is 3.04. The number of ether oxygens (including phenoxy) is 2. The van der Waals surface area contributed by atoms with Crippen LogP contribution in [0.15, 0.2) is 42.7 Å². The second-order valence-corrected chi connectivity index (χ2v) is 6.25. The number of likely N-dealkylation sites (N-methyl/N-ethyl adjacent to an activating group) is 1. The molecule has 8 nitrogen and oxygen atoms in total. The smallest absolute Gasteiger partial charge is 0.264 e. The SMILES string of the molecule is Cc1cn2cccc(OCC(=O)Nc3ccc4c(c3)N(C)C(=O)CO4)c2n1. The van der Waals surface area contributed by atoms with E-state index in [4.69, 9.17) is 9.47 Å². The Morgan fingerprint density at radius 3 is 3.07 bits per heavy atom. The van der Waals surface area contributed by atoms with E-state index in [1.54, 1.807) is 31.3 Å². The van der Waals surface area contributed by atoms with Crippen molar-refractivity contribution in [3.05, 3.63) is 48.4 Å². The third kappa shape index (κ3) is 3.29. The topological polar surface area (TPSA) is 85.2 Å². The number of carbonyl (C=O) groups is 2. The first-order chi connectivity index (χ1) is 13.0. The first kappa shape index (κ1) is 16.9. The number of fused-ring (bicyclic) bond motifs is 2. The predicted octanol–water partition coefficient (Wildman–Crippen LogP) is 2.02. The van der Waals surface area contributed by atoms with Crippen molar-refractivity contribution in [2.45, 2.75) is 6.92 Å². The van der Waals surface area contributed by atoms with Crippen molar-refractivity contribution in [3.8, 4) is 11.5 Å². The van der Waals surface area contributed by atoms with Crippen LogP contribution in [-0.4, -0.2) is 41.5 Å². The molecular weight excluding hydrogens is 348 g/mol. The molecule has 4 rings (SSSR count). The average molecular weight is 366 g/mol. The highest BCUT2D eigenvalue weighted by Gasteiger charge is 2.22. The Bertz CT molecular complexity index is 1040. The van der Waals surface area contributed by atoms with E-state index < -0.39 is 0 Å². The minimum atomic E-state index is -0.314. The minimum Gasteiger partial charge on any atom is -0.482 e. The maximum Gasteiger partial charge on any atom is 0.264 e. The molecule has 2 aromatic heterocycles. The monoisotopic (exact) mass is 366 g/mol. The first-order valence-electron chi connectivity index (χ1n) is 8.41. The van der Waals surface area contributed by atoms with Crippen LogP contribution in [0.3, 0.4) is 0 Å². The van der Waals surface area contributed by atoms with Crippen molar-refractivity contribution in [3.63, 3.8) is 0 Å². The number of pyridine rings is 1. The molecule has 0 bridgehead atoms. The molecule has 0 spiro atoms. The van der Waals surface area contributed by atoms with E-state index in [9.17, 15) is 9.59 Å². The number of amides is 2. The zero-order valence-corrected chi connectivity index (χ0v) is 14.9. The lowest BCUT2D eigenvalue weighted by Gasteiger charge is -2.26. The molecule has 1 N–H and O–H groups in total. The number of hydrogen-bond donors (Lipinski definition) is 1. The van der Waals surface area contributed by atoms with E-state index in [0.29, 0.717) is 28.5 Å². The molecule has 1 aromatic carbocycles. The number of aryl methyl sites for hydroxylation is 1. The molecule has 1 aliphatic rings. The van der Waals surface area contributed by atoms with E-state index in [-0.39, 0.29) is 25.0 Å². The van der Waals surface area contributed by atoms with Crippen LogP contribution in [0.5, 0.6) is 11.5 Å². The molecule has 0 radical (unpaired) electrons. The quantitative estimate of drug-likeness (QED) is 0.764. The highest BCUT2D eigenvalue weighted by Crippen LogP contribution is 2.33. The molecule has 0 unspecified atom stereocenters. The Morgan fingerprint density at radius 1 is 1.37 bits per heavy atom. The van der Waals surface area contributed by atoms with Gasteiger partial charge in [0.05, 0.1) is 11.4 Å². The lowest BCUT2D eigenvalue weighted by Crippen LogP contribution is -2.35. The Labute approximate surface area is 155 Å². The number of nitrogens with zero attached hydrogens (tertiary/aromatic N) is 3. The lowest BCUT2D eigenvalue weighted by molar-refractivity contribution is -0.121. The summed E-state index contributed by atoms with van der Waals surface area (Å²) in [5, 5.41) is 2.77. The molecule has 2 amide bonds. The van der Waals surface area contributed by atoms with Crippen LogP contribution >= 0.6 is 0 Å². The van der Waals surface area contributed by atoms with Crippen LogP contribution in [-0.2, 0) is 9.59 Å². The molecule has 0 saturated heterocycles. The van der Waals surface area contributed by atoms with Crippen LogP contribution < -0.4 is 19.7 Å². The van der Waals surface area contributed by atoms with Gasteiger partial charge in [-0.1, -0.05) is 0 Å². The fraction of sp³-hybridized carbons (Fsp3) is 0.211. The van der Waals surface area contributed by atoms with Gasteiger partial charge in [-0.15, -0.1) is 0 Å². The van der Waals surface area contributed by atoms with E-state index in [1.165, 1.54) is 4.90 Å². The number of imidazole rings is 1.